The fraction of sp³-hybridized carbons (Fsp3) is 0.467. The predicted molar refractivity (Wildman–Crippen MR) is 76.3 cm³/mol. The predicted octanol–water partition coefficient (Wildman–Crippen LogP) is 0.525. The maximum absolute atomic E-state index is 12.0. The second-order valence-electron chi connectivity index (χ2n) is 5.89. The zero-order valence-corrected chi connectivity index (χ0v) is 11.6. The maximum Gasteiger partial charge on any atom is 0.316 e. The Morgan fingerprint density at radius 2 is 1.75 bits per heavy atom. The van der Waals surface area contributed by atoms with Crippen LogP contribution in [-0.2, 0) is 16.0 Å². The fourth-order valence-corrected chi connectivity index (χ4v) is 2.52. The minimum atomic E-state index is -0.455. The highest BCUT2D eigenvalue weighted by Crippen LogP contribution is 2.35. The van der Waals surface area contributed by atoms with Crippen molar-refractivity contribution in [3.63, 3.8) is 0 Å². The number of hydrogen-bond donors (Lipinski definition) is 1. The topological polar surface area (TPSA) is 66.6 Å². The van der Waals surface area contributed by atoms with E-state index in [4.69, 9.17) is 5.73 Å². The summed E-state index contributed by atoms with van der Waals surface area (Å²) < 4.78 is 0. The van der Waals surface area contributed by atoms with E-state index in [0.717, 1.165) is 24.9 Å². The first-order valence-electron chi connectivity index (χ1n) is 6.93. The highest BCUT2D eigenvalue weighted by molar-refractivity contribution is 6.40. The Labute approximate surface area is 118 Å². The molecule has 1 aliphatic heterocycles. The van der Waals surface area contributed by atoms with E-state index in [-0.39, 0.29) is 5.54 Å². The molecule has 1 heterocycles. The third-order valence-corrected chi connectivity index (χ3v) is 4.13. The Hall–Kier alpha value is -1.88. The van der Waals surface area contributed by atoms with Gasteiger partial charge >= 0.3 is 11.8 Å². The van der Waals surface area contributed by atoms with Gasteiger partial charge in [0.25, 0.3) is 0 Å². The number of nitrogens with two attached hydrogens (primary N) is 1. The van der Waals surface area contributed by atoms with Crippen molar-refractivity contribution in [3.8, 4) is 0 Å². The number of likely N-dealkylation sites (N-methyl/N-ethyl adjacent to an activating group) is 1. The summed E-state index contributed by atoms with van der Waals surface area (Å²) in [7, 11) is 1.65. The molecule has 0 atom stereocenters. The molecule has 2 fully saturated rings. The van der Waals surface area contributed by atoms with Gasteiger partial charge in [0.2, 0.25) is 0 Å². The minimum absolute atomic E-state index is 0.0128. The molecule has 3 rings (SSSR count). The van der Waals surface area contributed by atoms with E-state index < -0.39 is 11.8 Å². The molecule has 106 valence electrons. The third-order valence-electron chi connectivity index (χ3n) is 4.13. The smallest absolute Gasteiger partial charge is 0.316 e. The molecule has 0 spiro atoms. The molecule has 5 nitrogen and oxygen atoms in total. The van der Waals surface area contributed by atoms with Crippen LogP contribution in [0.1, 0.15) is 18.4 Å². The SMILES string of the molecule is CN1CCN(c2ccc(CC3(N)CC3)cc2)C(=O)C1=O. The normalized spacial score (nSPS) is 21.3. The lowest BCUT2D eigenvalue weighted by atomic mass is 10.0. The molecule has 1 aromatic carbocycles. The molecular formula is C15H19N3O2. The Bertz CT molecular complexity index is 549. The summed E-state index contributed by atoms with van der Waals surface area (Å²) in [6.07, 6.45) is 3.04. The van der Waals surface area contributed by atoms with Crippen LogP contribution in [0.5, 0.6) is 0 Å². The molecule has 1 aromatic rings. The molecule has 2 N–H and O–H groups in total. The van der Waals surface area contributed by atoms with E-state index >= 15 is 0 Å². The zero-order valence-electron chi connectivity index (χ0n) is 11.6. The number of rotatable bonds is 3. The average Bonchev–Trinajstić information content (AvgIpc) is 3.15. The lowest BCUT2D eigenvalue weighted by Gasteiger charge is -2.31. The van der Waals surface area contributed by atoms with Crippen molar-refractivity contribution in [1.82, 2.24) is 4.90 Å². The van der Waals surface area contributed by atoms with Gasteiger partial charge < -0.3 is 15.5 Å². The van der Waals surface area contributed by atoms with Gasteiger partial charge in [0.05, 0.1) is 0 Å². The van der Waals surface area contributed by atoms with Crippen LogP contribution in [0.3, 0.4) is 0 Å². The summed E-state index contributed by atoms with van der Waals surface area (Å²) in [5, 5.41) is 0. The van der Waals surface area contributed by atoms with Crippen LogP contribution in [-0.4, -0.2) is 42.4 Å². The zero-order chi connectivity index (χ0) is 14.3. The Kier molecular flexibility index (Phi) is 3.01. The van der Waals surface area contributed by atoms with Gasteiger partial charge in [-0.1, -0.05) is 12.1 Å². The van der Waals surface area contributed by atoms with E-state index in [1.165, 1.54) is 10.5 Å². The number of carbonyl (C=O) groups is 2. The van der Waals surface area contributed by atoms with Gasteiger partial charge in [0, 0.05) is 31.4 Å². The molecule has 2 aliphatic rings. The van der Waals surface area contributed by atoms with Crippen molar-refractivity contribution in [2.45, 2.75) is 24.8 Å². The van der Waals surface area contributed by atoms with Gasteiger partial charge in [-0.25, -0.2) is 0 Å². The van der Waals surface area contributed by atoms with Gasteiger partial charge in [0.15, 0.2) is 0 Å². The van der Waals surface area contributed by atoms with E-state index in [2.05, 4.69) is 0 Å². The monoisotopic (exact) mass is 273 g/mol. The van der Waals surface area contributed by atoms with E-state index in [1.54, 1.807) is 11.9 Å². The molecule has 1 saturated heterocycles. The van der Waals surface area contributed by atoms with Crippen LogP contribution in [0.2, 0.25) is 0 Å². The molecule has 0 unspecified atom stereocenters. The highest BCUT2D eigenvalue weighted by atomic mass is 16.2. The summed E-state index contributed by atoms with van der Waals surface area (Å²) in [6.45, 7) is 1.11. The van der Waals surface area contributed by atoms with Gasteiger partial charge in [-0.15, -0.1) is 0 Å². The summed E-state index contributed by atoms with van der Waals surface area (Å²) >= 11 is 0. The molecule has 20 heavy (non-hydrogen) atoms. The molecular weight excluding hydrogens is 254 g/mol. The lowest BCUT2D eigenvalue weighted by molar-refractivity contribution is -0.145. The van der Waals surface area contributed by atoms with Gasteiger partial charge in [0.1, 0.15) is 0 Å². The summed E-state index contributed by atoms with van der Waals surface area (Å²) in [5.41, 5.74) is 8.05. The van der Waals surface area contributed by atoms with E-state index in [9.17, 15) is 9.59 Å². The molecule has 2 amide bonds. The lowest BCUT2D eigenvalue weighted by Crippen LogP contribution is -2.53. The van der Waals surface area contributed by atoms with Gasteiger partial charge in [-0.05, 0) is 37.0 Å². The Morgan fingerprint density at radius 1 is 1.10 bits per heavy atom. The van der Waals surface area contributed by atoms with Crippen molar-refractivity contribution in [1.29, 1.82) is 0 Å². The molecule has 5 heteroatoms. The second-order valence-corrected chi connectivity index (χ2v) is 5.89. The first kappa shape index (κ1) is 13.1. The highest BCUT2D eigenvalue weighted by Gasteiger charge is 2.38. The number of benzene rings is 1. The van der Waals surface area contributed by atoms with Crippen molar-refractivity contribution in [2.75, 3.05) is 25.0 Å². The van der Waals surface area contributed by atoms with Crippen LogP contribution in [0.25, 0.3) is 0 Å². The third kappa shape index (κ3) is 2.41. The fourth-order valence-electron chi connectivity index (χ4n) is 2.52. The molecule has 1 aliphatic carbocycles. The summed E-state index contributed by atoms with van der Waals surface area (Å²) in [6, 6.07) is 7.80. The van der Waals surface area contributed by atoms with Gasteiger partial charge in [-0.3, -0.25) is 9.59 Å². The van der Waals surface area contributed by atoms with E-state index in [1.807, 2.05) is 24.3 Å². The van der Waals surface area contributed by atoms with Crippen LogP contribution in [0.4, 0.5) is 5.69 Å². The Balaban J connectivity index is 1.74. The minimum Gasteiger partial charge on any atom is -0.336 e. The van der Waals surface area contributed by atoms with Crippen molar-refractivity contribution < 1.29 is 9.59 Å². The number of carbonyl (C=O) groups excluding carboxylic acids is 2. The van der Waals surface area contributed by atoms with Crippen LogP contribution in [0, 0.1) is 0 Å². The number of piperazine rings is 1. The number of hydrogen-bond acceptors (Lipinski definition) is 3. The van der Waals surface area contributed by atoms with Crippen LogP contribution >= 0.6 is 0 Å². The Morgan fingerprint density at radius 3 is 2.35 bits per heavy atom. The van der Waals surface area contributed by atoms with Crippen molar-refractivity contribution >= 4 is 17.5 Å². The van der Waals surface area contributed by atoms with Crippen molar-refractivity contribution in [2.24, 2.45) is 5.73 Å². The van der Waals surface area contributed by atoms with Crippen LogP contribution in [0.15, 0.2) is 24.3 Å². The molecule has 0 aromatic heterocycles. The van der Waals surface area contributed by atoms with E-state index in [0.29, 0.717) is 13.1 Å². The van der Waals surface area contributed by atoms with Gasteiger partial charge in [-0.2, -0.15) is 0 Å². The standard InChI is InChI=1S/C15H19N3O2/c1-17-8-9-18(14(20)13(17)19)12-4-2-11(3-5-12)10-15(16)6-7-15/h2-5H,6-10,16H2,1H3. The first-order valence-corrected chi connectivity index (χ1v) is 6.93. The summed E-state index contributed by atoms with van der Waals surface area (Å²) in [5.74, 6) is -0.900. The average molecular weight is 273 g/mol. The largest absolute Gasteiger partial charge is 0.336 e. The van der Waals surface area contributed by atoms with Crippen molar-refractivity contribution in [3.05, 3.63) is 29.8 Å². The second kappa shape index (κ2) is 4.59. The molecule has 0 bridgehead atoms. The van der Waals surface area contributed by atoms with Crippen LogP contribution < -0.4 is 10.6 Å². The first-order chi connectivity index (χ1) is 9.48. The summed E-state index contributed by atoms with van der Waals surface area (Å²) in [4.78, 5) is 26.7. The maximum atomic E-state index is 12.0. The number of amides is 2. The molecule has 0 radical (unpaired) electrons. The number of anilines is 1. The molecule has 1 saturated carbocycles. The quantitative estimate of drug-likeness (QED) is 0.817. The number of nitrogens with zero attached hydrogens (tertiary/aromatic N) is 2.